The van der Waals surface area contributed by atoms with Crippen LogP contribution < -0.4 is 5.32 Å². The Hall–Kier alpha value is -3.41. The SMILES string of the molecule is CCCc1ccc(-c2cc(Cn3c(C(=O)NC4CCN(C(C)C)CC4)c(C#N)c4ccccc43)no2)s1. The van der Waals surface area contributed by atoms with Crippen LogP contribution in [0.5, 0.6) is 0 Å². The van der Waals surface area contributed by atoms with Crippen LogP contribution in [0.3, 0.4) is 0 Å². The number of carbonyl (C=O) groups is 1. The number of aromatic nitrogens is 2. The number of hydrogen-bond acceptors (Lipinski definition) is 6. The van der Waals surface area contributed by atoms with Gasteiger partial charge in [0.25, 0.3) is 5.91 Å². The van der Waals surface area contributed by atoms with Crippen LogP contribution in [0.1, 0.15) is 66.7 Å². The summed E-state index contributed by atoms with van der Waals surface area (Å²) in [5, 5.41) is 18.4. The van der Waals surface area contributed by atoms with E-state index in [1.165, 1.54) is 4.88 Å². The lowest BCUT2D eigenvalue weighted by molar-refractivity contribution is 0.0892. The highest BCUT2D eigenvalue weighted by molar-refractivity contribution is 7.15. The smallest absolute Gasteiger partial charge is 0.269 e. The molecule has 1 aliphatic rings. The molecule has 8 heteroatoms. The van der Waals surface area contributed by atoms with Gasteiger partial charge in [-0.15, -0.1) is 11.3 Å². The number of carbonyl (C=O) groups excluding carboxylic acids is 1. The number of hydrogen-bond donors (Lipinski definition) is 1. The van der Waals surface area contributed by atoms with Crippen LogP contribution in [0.4, 0.5) is 0 Å². The minimum Gasteiger partial charge on any atom is -0.355 e. The van der Waals surface area contributed by atoms with E-state index < -0.39 is 0 Å². The van der Waals surface area contributed by atoms with Crippen molar-refractivity contribution < 1.29 is 9.32 Å². The third kappa shape index (κ3) is 5.20. The number of amides is 1. The van der Waals surface area contributed by atoms with Gasteiger partial charge >= 0.3 is 0 Å². The summed E-state index contributed by atoms with van der Waals surface area (Å²) in [5.74, 6) is 0.518. The van der Waals surface area contributed by atoms with Crippen LogP contribution in [0, 0.1) is 11.3 Å². The van der Waals surface area contributed by atoms with Crippen molar-refractivity contribution in [1.82, 2.24) is 19.9 Å². The van der Waals surface area contributed by atoms with E-state index in [1.54, 1.807) is 11.3 Å². The molecule has 1 saturated heterocycles. The van der Waals surface area contributed by atoms with Gasteiger partial charge in [-0.05, 0) is 51.3 Å². The molecule has 4 heterocycles. The lowest BCUT2D eigenvalue weighted by Gasteiger charge is -2.34. The molecule has 0 unspecified atom stereocenters. The summed E-state index contributed by atoms with van der Waals surface area (Å²) in [7, 11) is 0. The van der Waals surface area contributed by atoms with E-state index in [0.717, 1.165) is 60.3 Å². The maximum Gasteiger partial charge on any atom is 0.269 e. The van der Waals surface area contributed by atoms with Gasteiger partial charge in [0.2, 0.25) is 0 Å². The van der Waals surface area contributed by atoms with Gasteiger partial charge in [0, 0.05) is 41.5 Å². The van der Waals surface area contributed by atoms with E-state index in [0.29, 0.717) is 29.5 Å². The monoisotopic (exact) mass is 515 g/mol. The fourth-order valence-corrected chi connectivity index (χ4v) is 6.24. The number of nitriles is 1. The van der Waals surface area contributed by atoms with E-state index in [4.69, 9.17) is 4.52 Å². The van der Waals surface area contributed by atoms with Crippen LogP contribution in [0.2, 0.25) is 0 Å². The number of nitrogens with zero attached hydrogens (tertiary/aromatic N) is 4. The molecular formula is C29H33N5O2S. The molecule has 7 nitrogen and oxygen atoms in total. The fraction of sp³-hybridized carbons (Fsp3) is 0.414. The maximum absolute atomic E-state index is 13.6. The molecule has 1 aliphatic heterocycles. The van der Waals surface area contributed by atoms with E-state index in [-0.39, 0.29) is 11.9 Å². The molecule has 0 radical (unpaired) electrons. The number of thiophene rings is 1. The molecule has 4 aromatic rings. The lowest BCUT2D eigenvalue weighted by atomic mass is 10.0. The van der Waals surface area contributed by atoms with Gasteiger partial charge < -0.3 is 19.3 Å². The number of rotatable bonds is 8. The van der Waals surface area contributed by atoms with Crippen LogP contribution >= 0.6 is 11.3 Å². The molecule has 1 N–H and O–H groups in total. The Balaban J connectivity index is 1.43. The molecule has 1 fully saturated rings. The molecule has 1 aromatic carbocycles. The van der Waals surface area contributed by atoms with Crippen LogP contribution in [0.25, 0.3) is 21.5 Å². The van der Waals surface area contributed by atoms with Crippen molar-refractivity contribution in [3.8, 4) is 16.7 Å². The zero-order valence-electron chi connectivity index (χ0n) is 21.7. The summed E-state index contributed by atoms with van der Waals surface area (Å²) in [6.45, 7) is 8.84. The zero-order chi connectivity index (χ0) is 25.9. The fourth-order valence-electron chi connectivity index (χ4n) is 5.19. The molecule has 1 amide bonds. The van der Waals surface area contributed by atoms with Crippen LogP contribution in [-0.2, 0) is 13.0 Å². The summed E-state index contributed by atoms with van der Waals surface area (Å²) in [4.78, 5) is 18.4. The van der Waals surface area contributed by atoms with Crippen molar-refractivity contribution >= 4 is 28.1 Å². The Labute approximate surface area is 221 Å². The molecule has 3 aromatic heterocycles. The number of aryl methyl sites for hydroxylation is 1. The van der Waals surface area contributed by atoms with E-state index in [1.807, 2.05) is 34.9 Å². The van der Waals surface area contributed by atoms with Gasteiger partial charge in [-0.25, -0.2) is 0 Å². The predicted molar refractivity (Wildman–Crippen MR) is 147 cm³/mol. The molecular weight excluding hydrogens is 482 g/mol. The van der Waals surface area contributed by atoms with Crippen molar-refractivity contribution in [2.24, 2.45) is 0 Å². The lowest BCUT2D eigenvalue weighted by Crippen LogP contribution is -2.47. The van der Waals surface area contributed by atoms with Gasteiger partial charge in [0.05, 0.1) is 22.5 Å². The van der Waals surface area contributed by atoms with Crippen molar-refractivity contribution in [3.05, 3.63) is 64.3 Å². The number of benzene rings is 1. The average Bonchev–Trinajstić information content (AvgIpc) is 3.63. The predicted octanol–water partition coefficient (Wildman–Crippen LogP) is 5.83. The number of likely N-dealkylation sites (tertiary alicyclic amines) is 1. The molecule has 37 heavy (non-hydrogen) atoms. The Kier molecular flexibility index (Phi) is 7.45. The minimum absolute atomic E-state index is 0.0929. The number of para-hydroxylation sites is 1. The Bertz CT molecular complexity index is 1430. The Morgan fingerprint density at radius 1 is 1.24 bits per heavy atom. The number of piperidine rings is 1. The molecule has 5 rings (SSSR count). The maximum atomic E-state index is 13.6. The van der Waals surface area contributed by atoms with Gasteiger partial charge in [0.15, 0.2) is 5.76 Å². The van der Waals surface area contributed by atoms with Gasteiger partial charge in [-0.1, -0.05) is 36.7 Å². The molecule has 0 bridgehead atoms. The highest BCUT2D eigenvalue weighted by atomic mass is 32.1. The molecule has 192 valence electrons. The highest BCUT2D eigenvalue weighted by Crippen LogP contribution is 2.31. The molecule has 0 spiro atoms. The average molecular weight is 516 g/mol. The first-order valence-electron chi connectivity index (χ1n) is 13.1. The number of nitrogens with one attached hydrogen (secondary N) is 1. The van der Waals surface area contributed by atoms with Gasteiger partial charge in [-0.3, -0.25) is 4.79 Å². The molecule has 0 saturated carbocycles. The summed E-state index contributed by atoms with van der Waals surface area (Å²) >= 11 is 1.72. The van der Waals surface area contributed by atoms with Crippen molar-refractivity contribution in [2.75, 3.05) is 13.1 Å². The summed E-state index contributed by atoms with van der Waals surface area (Å²) in [6, 6.07) is 16.7. The standard InChI is InChI=1S/C29H33N5O2S/c1-4-7-22-10-11-27(37-22)26-16-21(32-36-26)18-34-25-9-6-5-8-23(25)24(17-30)28(34)29(35)31-20-12-14-33(15-13-20)19(2)3/h5-6,8-11,16,19-20H,4,7,12-15,18H2,1-3H3,(H,31,35). The Morgan fingerprint density at radius 2 is 2.03 bits per heavy atom. The van der Waals surface area contributed by atoms with Crippen LogP contribution in [0.15, 0.2) is 47.0 Å². The summed E-state index contributed by atoms with van der Waals surface area (Å²) in [6.07, 6.45) is 3.96. The second kappa shape index (κ2) is 10.9. The minimum atomic E-state index is -0.207. The quantitative estimate of drug-likeness (QED) is 0.319. The first kappa shape index (κ1) is 25.2. The second-order valence-electron chi connectivity index (χ2n) is 10.0. The third-order valence-corrected chi connectivity index (χ3v) is 8.33. The third-order valence-electron chi connectivity index (χ3n) is 7.17. The zero-order valence-corrected chi connectivity index (χ0v) is 22.5. The first-order valence-corrected chi connectivity index (χ1v) is 13.9. The highest BCUT2D eigenvalue weighted by Gasteiger charge is 2.27. The topological polar surface area (TPSA) is 87.1 Å². The Morgan fingerprint density at radius 3 is 2.76 bits per heavy atom. The molecule has 0 atom stereocenters. The molecule has 0 aliphatic carbocycles. The first-order chi connectivity index (χ1) is 18.0. The van der Waals surface area contributed by atoms with Crippen LogP contribution in [-0.4, -0.2) is 45.7 Å². The van der Waals surface area contributed by atoms with Gasteiger partial charge in [0.1, 0.15) is 17.5 Å². The van der Waals surface area contributed by atoms with Gasteiger partial charge in [-0.2, -0.15) is 5.26 Å². The second-order valence-corrected chi connectivity index (χ2v) is 11.2. The van der Waals surface area contributed by atoms with Crippen molar-refractivity contribution in [1.29, 1.82) is 5.26 Å². The van der Waals surface area contributed by atoms with E-state index in [2.05, 4.69) is 54.3 Å². The summed E-state index contributed by atoms with van der Waals surface area (Å²) < 4.78 is 7.60. The van der Waals surface area contributed by atoms with E-state index in [9.17, 15) is 10.1 Å². The largest absolute Gasteiger partial charge is 0.355 e. The van der Waals surface area contributed by atoms with E-state index >= 15 is 0 Å². The number of fused-ring (bicyclic) bond motifs is 1. The normalized spacial score (nSPS) is 14.9. The van der Waals surface area contributed by atoms with Crippen molar-refractivity contribution in [3.63, 3.8) is 0 Å². The van der Waals surface area contributed by atoms with Crippen molar-refractivity contribution in [2.45, 2.75) is 65.1 Å². The summed E-state index contributed by atoms with van der Waals surface area (Å²) in [5.41, 5.74) is 2.34.